The number of ketones is 1. The average molecular weight is 425 g/mol. The zero-order valence-corrected chi connectivity index (χ0v) is 20.3. The second-order valence-corrected chi connectivity index (χ2v) is 14.5. The quantitative estimate of drug-likeness (QED) is 0.301. The molecule has 1 aliphatic rings. The van der Waals surface area contributed by atoms with Gasteiger partial charge in [-0.05, 0) is 43.3 Å². The van der Waals surface area contributed by atoms with Crippen LogP contribution in [0.25, 0.3) is 0 Å². The van der Waals surface area contributed by atoms with E-state index in [0.717, 1.165) is 19.3 Å². The van der Waals surface area contributed by atoms with E-state index in [1.54, 1.807) is 0 Å². The third kappa shape index (κ3) is 7.15. The van der Waals surface area contributed by atoms with Gasteiger partial charge in [-0.1, -0.05) is 46.5 Å². The van der Waals surface area contributed by atoms with Gasteiger partial charge in [0, 0.05) is 24.7 Å². The smallest absolute Gasteiger partial charge is 0.305 e. The lowest BCUT2D eigenvalue weighted by Gasteiger charge is -2.40. The number of carbonyl (C=O) groups is 2. The molecule has 0 bridgehead atoms. The fourth-order valence-corrected chi connectivity index (χ4v) is 5.33. The number of methoxy groups -OCH3 is 1. The Bertz CT molecular complexity index is 611. The SMILES string of the molecule is CCCCC1C(O[Si](C)(C)C(C)(C)C)CC(=O)C1C(C#CO)CCCC(=O)OC. The molecule has 1 fully saturated rings. The van der Waals surface area contributed by atoms with Crippen molar-refractivity contribution in [1.29, 1.82) is 0 Å². The normalized spacial score (nSPS) is 23.4. The fraction of sp³-hybridized carbons (Fsp3) is 0.826. The average Bonchev–Trinajstić information content (AvgIpc) is 2.92. The van der Waals surface area contributed by atoms with Gasteiger partial charge in [-0.2, -0.15) is 0 Å². The Morgan fingerprint density at radius 1 is 1.31 bits per heavy atom. The van der Waals surface area contributed by atoms with Gasteiger partial charge in [0.1, 0.15) is 11.9 Å². The molecule has 29 heavy (non-hydrogen) atoms. The number of hydrogen-bond acceptors (Lipinski definition) is 5. The topological polar surface area (TPSA) is 72.8 Å². The van der Waals surface area contributed by atoms with E-state index in [1.165, 1.54) is 7.11 Å². The number of Topliss-reactive ketones (excluding diaryl/α,β-unsaturated/α-hetero) is 1. The molecule has 0 aromatic rings. The maximum atomic E-state index is 13.1. The van der Waals surface area contributed by atoms with Crippen LogP contribution in [0.15, 0.2) is 0 Å². The van der Waals surface area contributed by atoms with Gasteiger partial charge in [-0.25, -0.2) is 0 Å². The summed E-state index contributed by atoms with van der Waals surface area (Å²) in [5, 5.41) is 9.35. The van der Waals surface area contributed by atoms with E-state index < -0.39 is 8.32 Å². The Hall–Kier alpha value is -1.32. The predicted molar refractivity (Wildman–Crippen MR) is 117 cm³/mol. The van der Waals surface area contributed by atoms with E-state index in [2.05, 4.69) is 46.7 Å². The number of ether oxygens (including phenoxy) is 1. The van der Waals surface area contributed by atoms with Crippen molar-refractivity contribution in [1.82, 2.24) is 0 Å². The van der Waals surface area contributed by atoms with Crippen molar-refractivity contribution in [2.45, 2.75) is 96.9 Å². The summed E-state index contributed by atoms with van der Waals surface area (Å²) in [6.07, 6.45) is 6.87. The first-order chi connectivity index (χ1) is 13.5. The minimum Gasteiger partial charge on any atom is -0.469 e. The molecule has 0 saturated heterocycles. The molecular formula is C23H40O5Si. The highest BCUT2D eigenvalue weighted by Crippen LogP contribution is 2.45. The summed E-state index contributed by atoms with van der Waals surface area (Å²) in [6, 6.07) is 0. The van der Waals surface area contributed by atoms with E-state index >= 15 is 0 Å². The van der Waals surface area contributed by atoms with E-state index in [-0.39, 0.29) is 40.6 Å². The third-order valence-electron chi connectivity index (χ3n) is 6.66. The van der Waals surface area contributed by atoms with Gasteiger partial charge in [0.05, 0.1) is 13.2 Å². The van der Waals surface area contributed by atoms with Crippen LogP contribution >= 0.6 is 0 Å². The van der Waals surface area contributed by atoms with Crippen molar-refractivity contribution in [3.8, 4) is 12.0 Å². The lowest BCUT2D eigenvalue weighted by atomic mass is 9.78. The molecule has 0 heterocycles. The Labute approximate surface area is 178 Å². The second-order valence-electron chi connectivity index (χ2n) is 9.75. The van der Waals surface area contributed by atoms with Crippen LogP contribution in [0.5, 0.6) is 0 Å². The molecule has 4 unspecified atom stereocenters. The van der Waals surface area contributed by atoms with Gasteiger partial charge in [-0.15, -0.1) is 0 Å². The van der Waals surface area contributed by atoms with Crippen LogP contribution in [-0.4, -0.2) is 38.4 Å². The molecular weight excluding hydrogens is 384 g/mol. The van der Waals surface area contributed by atoms with Gasteiger partial charge < -0.3 is 14.3 Å². The van der Waals surface area contributed by atoms with Gasteiger partial charge >= 0.3 is 5.97 Å². The zero-order chi connectivity index (χ0) is 22.2. The molecule has 1 rings (SSSR count). The van der Waals surface area contributed by atoms with E-state index in [1.807, 2.05) is 6.11 Å². The number of rotatable bonds is 10. The minimum absolute atomic E-state index is 0.0776. The van der Waals surface area contributed by atoms with Crippen LogP contribution in [0.4, 0.5) is 0 Å². The number of hydrogen-bond donors (Lipinski definition) is 1. The van der Waals surface area contributed by atoms with Crippen LogP contribution in [0.2, 0.25) is 18.1 Å². The molecule has 1 N–H and O–H groups in total. The first-order valence-corrected chi connectivity index (χ1v) is 13.8. The molecule has 0 aliphatic heterocycles. The molecule has 166 valence electrons. The first kappa shape index (κ1) is 25.7. The Morgan fingerprint density at radius 3 is 2.48 bits per heavy atom. The lowest BCUT2D eigenvalue weighted by molar-refractivity contribution is -0.140. The van der Waals surface area contributed by atoms with E-state index in [4.69, 9.17) is 9.16 Å². The summed E-state index contributed by atoms with van der Waals surface area (Å²) in [5.74, 6) is 2.38. The molecule has 0 amide bonds. The van der Waals surface area contributed by atoms with Crippen molar-refractivity contribution in [2.75, 3.05) is 7.11 Å². The largest absolute Gasteiger partial charge is 0.469 e. The summed E-state index contributed by atoms with van der Waals surface area (Å²) in [4.78, 5) is 24.5. The molecule has 0 radical (unpaired) electrons. The predicted octanol–water partition coefficient (Wildman–Crippen LogP) is 5.07. The van der Waals surface area contributed by atoms with Gasteiger partial charge in [0.2, 0.25) is 0 Å². The second kappa shape index (κ2) is 11.2. The monoisotopic (exact) mass is 424 g/mol. The molecule has 0 aromatic heterocycles. The Morgan fingerprint density at radius 2 is 1.97 bits per heavy atom. The summed E-state index contributed by atoms with van der Waals surface area (Å²) >= 11 is 0. The summed E-state index contributed by atoms with van der Waals surface area (Å²) in [5.41, 5.74) is 0. The van der Waals surface area contributed by atoms with Gasteiger partial charge in [-0.3, -0.25) is 9.59 Å². The van der Waals surface area contributed by atoms with E-state index in [0.29, 0.717) is 25.7 Å². The number of unbranched alkanes of at least 4 members (excludes halogenated alkanes) is 1. The van der Waals surface area contributed by atoms with Crippen molar-refractivity contribution in [3.63, 3.8) is 0 Å². The van der Waals surface area contributed by atoms with Crippen LogP contribution in [0.1, 0.15) is 72.6 Å². The van der Waals surface area contributed by atoms with Crippen LogP contribution in [0, 0.1) is 29.8 Å². The molecule has 1 aliphatic carbocycles. The van der Waals surface area contributed by atoms with Crippen molar-refractivity contribution in [2.24, 2.45) is 17.8 Å². The number of carbonyl (C=O) groups excluding carboxylic acids is 2. The highest BCUT2D eigenvalue weighted by atomic mass is 28.4. The van der Waals surface area contributed by atoms with Crippen molar-refractivity contribution >= 4 is 20.1 Å². The van der Waals surface area contributed by atoms with Gasteiger partial charge in [0.15, 0.2) is 8.32 Å². The molecule has 5 nitrogen and oxygen atoms in total. The highest BCUT2D eigenvalue weighted by molar-refractivity contribution is 6.74. The maximum Gasteiger partial charge on any atom is 0.305 e. The number of aliphatic hydroxyl groups is 1. The third-order valence-corrected chi connectivity index (χ3v) is 11.2. The maximum absolute atomic E-state index is 13.1. The Kier molecular flexibility index (Phi) is 9.91. The summed E-state index contributed by atoms with van der Waals surface area (Å²) in [7, 11) is -0.635. The molecule has 0 spiro atoms. The Balaban J connectivity index is 3.05. The first-order valence-electron chi connectivity index (χ1n) is 10.9. The van der Waals surface area contributed by atoms with Crippen LogP contribution < -0.4 is 0 Å². The summed E-state index contributed by atoms with van der Waals surface area (Å²) in [6.45, 7) is 13.2. The minimum atomic E-state index is -2.01. The van der Waals surface area contributed by atoms with Crippen LogP contribution in [0.3, 0.4) is 0 Å². The standard InChI is InChI=1S/C23H40O5Si/c1-8-9-12-18-20(28-29(6,7)23(2,3)4)16-19(25)22(18)17(14-15-24)11-10-13-21(26)27-5/h17-18,20,22,24H,8-13,16H2,1-7H3. The number of esters is 1. The molecule has 6 heteroatoms. The molecule has 0 aromatic carbocycles. The van der Waals surface area contributed by atoms with E-state index in [9.17, 15) is 14.7 Å². The van der Waals surface area contributed by atoms with Crippen LogP contribution in [-0.2, 0) is 18.8 Å². The summed E-state index contributed by atoms with van der Waals surface area (Å²) < 4.78 is 11.4. The zero-order valence-electron chi connectivity index (χ0n) is 19.3. The molecule has 1 saturated carbocycles. The fourth-order valence-electron chi connectivity index (χ4n) is 3.96. The molecule has 4 atom stereocenters. The van der Waals surface area contributed by atoms with Crippen molar-refractivity contribution < 1.29 is 23.9 Å². The highest BCUT2D eigenvalue weighted by Gasteiger charge is 2.49. The number of aliphatic hydroxyl groups excluding tert-OH is 1. The van der Waals surface area contributed by atoms with Crippen molar-refractivity contribution in [3.05, 3.63) is 0 Å². The van der Waals surface area contributed by atoms with Gasteiger partial charge in [0.25, 0.3) is 0 Å². The lowest BCUT2D eigenvalue weighted by Crippen LogP contribution is -2.45.